The van der Waals surface area contributed by atoms with Gasteiger partial charge in [-0.1, -0.05) is 0 Å². The Kier molecular flexibility index (Phi) is 3.10. The van der Waals surface area contributed by atoms with E-state index < -0.39 is 0 Å². The molecule has 0 unspecified atom stereocenters. The number of anilines is 2. The number of hydrogen-bond acceptors (Lipinski definition) is 2. The van der Waals surface area contributed by atoms with Crippen LogP contribution in [0.3, 0.4) is 0 Å². The largest absolute Gasteiger partial charge is 0.351 e. The Bertz CT molecular complexity index is 824. The summed E-state index contributed by atoms with van der Waals surface area (Å²) in [6, 6.07) is 7.79. The van der Waals surface area contributed by atoms with E-state index in [1.807, 2.05) is 18.3 Å². The van der Waals surface area contributed by atoms with Gasteiger partial charge < -0.3 is 9.88 Å². The molecule has 3 nitrogen and oxygen atoms in total. The van der Waals surface area contributed by atoms with Crippen molar-refractivity contribution in [1.29, 1.82) is 0 Å². The van der Waals surface area contributed by atoms with Crippen molar-refractivity contribution in [1.82, 2.24) is 9.55 Å². The van der Waals surface area contributed by atoms with E-state index in [-0.39, 0.29) is 5.82 Å². The zero-order valence-corrected chi connectivity index (χ0v) is 13.3. The smallest absolute Gasteiger partial charge is 0.147 e. The fourth-order valence-electron chi connectivity index (χ4n) is 2.59. The van der Waals surface area contributed by atoms with E-state index >= 15 is 0 Å². The van der Waals surface area contributed by atoms with E-state index in [9.17, 15) is 4.39 Å². The molecule has 1 aliphatic rings. The molecule has 2 heterocycles. The number of hydrogen-bond donors (Lipinski definition) is 1. The molecule has 0 aliphatic heterocycles. The van der Waals surface area contributed by atoms with Gasteiger partial charge in [-0.25, -0.2) is 4.39 Å². The lowest BCUT2D eigenvalue weighted by molar-refractivity contribution is 0.631. The molecule has 1 N–H and O–H groups in total. The SMILES string of the molecule is Fc1cc(I)ccc1Nc1cn(C2CC2)c2ccncc12. The lowest BCUT2D eigenvalue weighted by Crippen LogP contribution is -1.94. The lowest BCUT2D eigenvalue weighted by Gasteiger charge is -2.06. The van der Waals surface area contributed by atoms with Crippen LogP contribution in [0.5, 0.6) is 0 Å². The summed E-state index contributed by atoms with van der Waals surface area (Å²) in [5.74, 6) is -0.238. The van der Waals surface area contributed by atoms with Crippen molar-refractivity contribution in [3.8, 4) is 0 Å². The van der Waals surface area contributed by atoms with Crippen molar-refractivity contribution in [3.63, 3.8) is 0 Å². The summed E-state index contributed by atoms with van der Waals surface area (Å²) in [7, 11) is 0. The molecule has 0 bridgehead atoms. The lowest BCUT2D eigenvalue weighted by atomic mass is 10.2. The molecule has 1 aromatic carbocycles. The number of halogens is 2. The zero-order valence-electron chi connectivity index (χ0n) is 11.2. The van der Waals surface area contributed by atoms with E-state index in [0.29, 0.717) is 11.7 Å². The average molecular weight is 393 g/mol. The minimum Gasteiger partial charge on any atom is -0.351 e. The number of nitrogens with zero attached hydrogens (tertiary/aromatic N) is 2. The minimum absolute atomic E-state index is 0.238. The summed E-state index contributed by atoms with van der Waals surface area (Å²) in [6.07, 6.45) is 8.13. The van der Waals surface area contributed by atoms with Crippen LogP contribution in [0.4, 0.5) is 15.8 Å². The van der Waals surface area contributed by atoms with E-state index in [4.69, 9.17) is 0 Å². The average Bonchev–Trinajstić information content (AvgIpc) is 3.25. The van der Waals surface area contributed by atoms with E-state index in [0.717, 1.165) is 20.2 Å². The van der Waals surface area contributed by atoms with E-state index in [2.05, 4.69) is 43.7 Å². The van der Waals surface area contributed by atoms with Gasteiger partial charge in [0.25, 0.3) is 0 Å². The molecule has 3 aromatic rings. The van der Waals surface area contributed by atoms with E-state index in [1.54, 1.807) is 12.3 Å². The molecular weight excluding hydrogens is 380 g/mol. The number of nitrogens with one attached hydrogen (secondary N) is 1. The molecule has 1 fully saturated rings. The van der Waals surface area contributed by atoms with Gasteiger partial charge in [-0.2, -0.15) is 0 Å². The quantitative estimate of drug-likeness (QED) is 0.645. The first kappa shape index (κ1) is 13.1. The maximum absolute atomic E-state index is 14.0. The molecule has 106 valence electrons. The Morgan fingerprint density at radius 3 is 2.86 bits per heavy atom. The molecule has 2 aromatic heterocycles. The third-order valence-electron chi connectivity index (χ3n) is 3.78. The fourth-order valence-corrected chi connectivity index (χ4v) is 3.04. The van der Waals surface area contributed by atoms with Gasteiger partial charge in [-0.15, -0.1) is 0 Å². The van der Waals surface area contributed by atoms with Crippen LogP contribution >= 0.6 is 22.6 Å². The Balaban J connectivity index is 1.79. The van der Waals surface area contributed by atoms with Crippen molar-refractivity contribution in [2.75, 3.05) is 5.32 Å². The molecule has 21 heavy (non-hydrogen) atoms. The van der Waals surface area contributed by atoms with Crippen LogP contribution < -0.4 is 5.32 Å². The summed E-state index contributed by atoms with van der Waals surface area (Å²) >= 11 is 2.11. The molecule has 1 saturated carbocycles. The molecule has 0 atom stereocenters. The molecule has 0 amide bonds. The summed E-state index contributed by atoms with van der Waals surface area (Å²) < 4.78 is 17.2. The van der Waals surface area contributed by atoms with Crippen LogP contribution in [0.2, 0.25) is 0 Å². The number of fused-ring (bicyclic) bond motifs is 1. The third kappa shape index (κ3) is 2.39. The Hall–Kier alpha value is -1.63. The highest BCUT2D eigenvalue weighted by molar-refractivity contribution is 14.1. The first-order chi connectivity index (χ1) is 10.2. The standard InChI is InChI=1S/C16H13FIN3/c17-13-7-10(18)1-4-14(13)20-15-9-21(11-2-3-11)16-5-6-19-8-12(15)16/h1,4-9,11,20H,2-3H2. The first-order valence-electron chi connectivity index (χ1n) is 6.89. The normalized spacial score (nSPS) is 14.6. The summed E-state index contributed by atoms with van der Waals surface area (Å²) in [5.41, 5.74) is 2.56. The number of pyridine rings is 1. The predicted molar refractivity (Wildman–Crippen MR) is 90.4 cm³/mol. The van der Waals surface area contributed by atoms with Crippen molar-refractivity contribution in [2.24, 2.45) is 0 Å². The number of benzene rings is 1. The molecular formula is C16H13FIN3. The molecule has 5 heteroatoms. The number of aromatic nitrogens is 2. The van der Waals surface area contributed by atoms with Crippen molar-refractivity contribution in [2.45, 2.75) is 18.9 Å². The van der Waals surface area contributed by atoms with Gasteiger partial charge in [0, 0.05) is 33.6 Å². The molecule has 0 saturated heterocycles. The van der Waals surface area contributed by atoms with Crippen LogP contribution in [0.1, 0.15) is 18.9 Å². The van der Waals surface area contributed by atoms with E-state index in [1.165, 1.54) is 18.9 Å². The maximum Gasteiger partial charge on any atom is 0.147 e. The van der Waals surface area contributed by atoms with Crippen LogP contribution in [-0.4, -0.2) is 9.55 Å². The molecule has 1 aliphatic carbocycles. The van der Waals surface area contributed by atoms with Crippen molar-refractivity contribution in [3.05, 3.63) is 52.2 Å². The van der Waals surface area contributed by atoms with Crippen LogP contribution in [0, 0.1) is 9.39 Å². The number of rotatable bonds is 3. The predicted octanol–water partition coefficient (Wildman–Crippen LogP) is 4.86. The van der Waals surface area contributed by atoms with Gasteiger partial charge in [-0.3, -0.25) is 4.98 Å². The maximum atomic E-state index is 14.0. The Morgan fingerprint density at radius 2 is 2.10 bits per heavy atom. The van der Waals surface area contributed by atoms with Gasteiger partial charge in [0.15, 0.2) is 0 Å². The topological polar surface area (TPSA) is 29.9 Å². The highest BCUT2D eigenvalue weighted by atomic mass is 127. The molecule has 0 spiro atoms. The van der Waals surface area contributed by atoms with Gasteiger partial charge in [0.05, 0.1) is 16.9 Å². The van der Waals surface area contributed by atoms with Gasteiger partial charge in [-0.05, 0) is 59.7 Å². The second-order valence-corrected chi connectivity index (χ2v) is 6.57. The second kappa shape index (κ2) is 4.98. The molecule has 0 radical (unpaired) electrons. The Morgan fingerprint density at radius 1 is 1.24 bits per heavy atom. The van der Waals surface area contributed by atoms with Crippen LogP contribution in [0.15, 0.2) is 42.9 Å². The monoisotopic (exact) mass is 393 g/mol. The Labute approximate surface area is 135 Å². The van der Waals surface area contributed by atoms with Crippen molar-refractivity contribution >= 4 is 44.9 Å². The fraction of sp³-hybridized carbons (Fsp3) is 0.188. The van der Waals surface area contributed by atoms with Gasteiger partial charge in [0.2, 0.25) is 0 Å². The first-order valence-corrected chi connectivity index (χ1v) is 7.97. The summed E-state index contributed by atoms with van der Waals surface area (Å²) in [6.45, 7) is 0. The highest BCUT2D eigenvalue weighted by Gasteiger charge is 2.25. The molecule has 4 rings (SSSR count). The summed E-state index contributed by atoms with van der Waals surface area (Å²) in [4.78, 5) is 4.20. The van der Waals surface area contributed by atoms with Gasteiger partial charge in [0.1, 0.15) is 5.82 Å². The summed E-state index contributed by atoms with van der Waals surface area (Å²) in [5, 5.41) is 4.24. The van der Waals surface area contributed by atoms with Crippen molar-refractivity contribution < 1.29 is 4.39 Å². The second-order valence-electron chi connectivity index (χ2n) is 5.32. The highest BCUT2D eigenvalue weighted by Crippen LogP contribution is 2.40. The minimum atomic E-state index is -0.238. The van der Waals surface area contributed by atoms with Crippen LogP contribution in [-0.2, 0) is 0 Å². The zero-order chi connectivity index (χ0) is 14.4. The third-order valence-corrected chi connectivity index (χ3v) is 4.45. The van der Waals surface area contributed by atoms with Gasteiger partial charge >= 0.3 is 0 Å². The van der Waals surface area contributed by atoms with Crippen LogP contribution in [0.25, 0.3) is 10.9 Å².